The second kappa shape index (κ2) is 10.3. The van der Waals surface area contributed by atoms with Crippen molar-refractivity contribution in [2.75, 3.05) is 0 Å². The summed E-state index contributed by atoms with van der Waals surface area (Å²) in [7, 11) is 16.4. The number of amides is 1. The van der Waals surface area contributed by atoms with E-state index in [9.17, 15) is 4.79 Å². The normalized spacial score (nSPS) is 13.3. The number of carbonyl (C=O) groups excluding carboxylic acids is 1. The quantitative estimate of drug-likeness (QED) is 0.219. The molecular weight excluding hydrogens is 617 g/mol. The third kappa shape index (κ3) is 4.68. The third-order valence-corrected chi connectivity index (χ3v) is 42.6. The molecule has 0 radical (unpaired) electrons. The fourth-order valence-electron chi connectivity index (χ4n) is 6.05. The maximum absolute atomic E-state index is 14.1. The van der Waals surface area contributed by atoms with Crippen LogP contribution in [0, 0.1) is 6.92 Å². The average Bonchev–Trinajstić information content (AvgIpc) is 3.33. The first-order valence-electron chi connectivity index (χ1n) is 13.1. The van der Waals surface area contributed by atoms with Crippen LogP contribution >= 0.6 is 17.0 Å². The van der Waals surface area contributed by atoms with E-state index in [1.54, 1.807) is 0 Å². The molecule has 1 N–H and O–H groups in total. The number of nitrogens with one attached hydrogen (secondary N) is 1. The van der Waals surface area contributed by atoms with E-state index in [4.69, 9.17) is 17.0 Å². The van der Waals surface area contributed by atoms with E-state index < -0.39 is 21.8 Å². The van der Waals surface area contributed by atoms with E-state index in [1.165, 1.54) is 11.1 Å². The van der Waals surface area contributed by atoms with E-state index in [-0.39, 0.29) is 5.91 Å². The molecule has 6 heteroatoms. The fourth-order valence-corrected chi connectivity index (χ4v) is 43.1. The molecule has 0 aliphatic heterocycles. The Balaban J connectivity index is 1.64. The third-order valence-electron chi connectivity index (χ3n) is 7.85. The minimum absolute atomic E-state index is 0.207. The number of rotatable bonds is 6. The van der Waals surface area contributed by atoms with Gasteiger partial charge in [-0.2, -0.15) is 0 Å². The van der Waals surface area contributed by atoms with Gasteiger partial charge < -0.3 is 0 Å². The van der Waals surface area contributed by atoms with Crippen molar-refractivity contribution < 1.29 is 20.6 Å². The van der Waals surface area contributed by atoms with Gasteiger partial charge in [-0.3, -0.25) is 0 Å². The first-order chi connectivity index (χ1) is 18.9. The monoisotopic (exact) mass is 642 g/mol. The SMILES string of the molecule is Cc1ccccc1C(=O)[NH][Zr]([Cl])([Cl])([c]1cccc2c1Cc1ccccc1-2)[SiH](c1ccccc1)c1ccccc1. The minimum atomic E-state index is -5.50. The molecule has 6 rings (SSSR count). The summed E-state index contributed by atoms with van der Waals surface area (Å²) in [5.41, 5.74) is 6.26. The summed E-state index contributed by atoms with van der Waals surface area (Å²) >= 11 is -5.50. The first-order valence-corrected chi connectivity index (χ1v) is 27.9. The molecule has 0 fully saturated rings. The van der Waals surface area contributed by atoms with Gasteiger partial charge in [-0.1, -0.05) is 0 Å². The first kappa shape index (κ1) is 26.5. The molecule has 1 aliphatic rings. The molecule has 5 aromatic rings. The maximum atomic E-state index is 14.1. The van der Waals surface area contributed by atoms with Gasteiger partial charge in [0.2, 0.25) is 0 Å². The zero-order valence-electron chi connectivity index (χ0n) is 21.6. The standard InChI is InChI=1S/C13H9.C12H11Si.C8H9NO.2ClH.Zr/c1-3-7-12-10(5-1)9-11-6-2-4-8-13(11)12;1-3-7-11(8-4-1)13-12-9-5-2-6-10-12;1-6-4-2-3-5-7(6)8(9)10;;;/h1-5,7-8H,9H2;1-10,13H;2-5H,1H3,(H2,9,10);2*1H;/q;;;;;+3/p-3. The molecule has 0 spiro atoms. The summed E-state index contributed by atoms with van der Waals surface area (Å²) in [6, 6.07) is 43.0. The topological polar surface area (TPSA) is 29.1 Å². The summed E-state index contributed by atoms with van der Waals surface area (Å²) in [4.78, 5) is 14.1. The Kier molecular flexibility index (Phi) is 7.02. The van der Waals surface area contributed by atoms with Gasteiger partial charge in [0.1, 0.15) is 0 Å². The average molecular weight is 645 g/mol. The second-order valence-electron chi connectivity index (χ2n) is 10.3. The Morgan fingerprint density at radius 1 is 0.692 bits per heavy atom. The molecule has 1 aliphatic carbocycles. The van der Waals surface area contributed by atoms with Gasteiger partial charge in [0.15, 0.2) is 0 Å². The number of aryl methyl sites for hydroxylation is 1. The molecule has 0 unspecified atom stereocenters. The second-order valence-corrected chi connectivity index (χ2v) is 45.6. The Labute approximate surface area is 238 Å². The molecule has 0 saturated heterocycles. The molecule has 0 bridgehead atoms. The zero-order chi connectivity index (χ0) is 27.1. The van der Waals surface area contributed by atoms with Crippen LogP contribution in [0.15, 0.2) is 127 Å². The van der Waals surface area contributed by atoms with E-state index in [1.807, 2.05) is 67.6 Å². The van der Waals surface area contributed by atoms with Crippen molar-refractivity contribution in [3.05, 3.63) is 150 Å². The van der Waals surface area contributed by atoms with Crippen molar-refractivity contribution in [1.29, 1.82) is 0 Å². The van der Waals surface area contributed by atoms with Crippen molar-refractivity contribution >= 4 is 42.5 Å². The van der Waals surface area contributed by atoms with Crippen LogP contribution in [0.5, 0.6) is 0 Å². The number of hydrogen-bond acceptors (Lipinski definition) is 1. The predicted molar refractivity (Wildman–Crippen MR) is 164 cm³/mol. The van der Waals surface area contributed by atoms with Gasteiger partial charge in [-0.15, -0.1) is 0 Å². The van der Waals surface area contributed by atoms with Crippen molar-refractivity contribution in [2.45, 2.75) is 13.3 Å². The Morgan fingerprint density at radius 2 is 1.26 bits per heavy atom. The number of carbonyl (C=O) groups is 1. The van der Waals surface area contributed by atoms with Crippen molar-refractivity contribution in [1.82, 2.24) is 3.26 Å². The van der Waals surface area contributed by atoms with Crippen molar-refractivity contribution in [2.24, 2.45) is 0 Å². The Morgan fingerprint density at radius 3 is 1.92 bits per heavy atom. The summed E-state index contributed by atoms with van der Waals surface area (Å²) in [6.45, 7) is 1.95. The predicted octanol–water partition coefficient (Wildman–Crippen LogP) is 6.07. The van der Waals surface area contributed by atoms with Crippen LogP contribution in [0.3, 0.4) is 0 Å². The zero-order valence-corrected chi connectivity index (χ0v) is 26.7. The number of halogens is 2. The van der Waals surface area contributed by atoms with Gasteiger partial charge in [-0.25, -0.2) is 0 Å². The summed E-state index contributed by atoms with van der Waals surface area (Å²) in [6.07, 6.45) is 0.746. The fraction of sp³-hybridized carbons (Fsp3) is 0.0606. The van der Waals surface area contributed by atoms with E-state index in [0.29, 0.717) is 5.56 Å². The van der Waals surface area contributed by atoms with Crippen LogP contribution in [0.4, 0.5) is 0 Å². The molecule has 5 aromatic carbocycles. The van der Waals surface area contributed by atoms with Crippen LogP contribution in [0.25, 0.3) is 11.1 Å². The van der Waals surface area contributed by atoms with Crippen LogP contribution in [-0.4, -0.2) is 11.8 Å². The van der Waals surface area contributed by atoms with Gasteiger partial charge in [0.05, 0.1) is 0 Å². The van der Waals surface area contributed by atoms with Crippen LogP contribution in [0.1, 0.15) is 27.0 Å². The molecule has 0 atom stereocenters. The van der Waals surface area contributed by atoms with Gasteiger partial charge >= 0.3 is 241 Å². The Bertz CT molecular complexity index is 1650. The number of hydrogen-bond donors (Lipinski definition) is 1. The summed E-state index contributed by atoms with van der Waals surface area (Å²) < 4.78 is 4.40. The van der Waals surface area contributed by atoms with Crippen LogP contribution < -0.4 is 16.9 Å². The van der Waals surface area contributed by atoms with Gasteiger partial charge in [0.25, 0.3) is 0 Å². The van der Waals surface area contributed by atoms with Gasteiger partial charge in [-0.05, 0) is 0 Å². The van der Waals surface area contributed by atoms with E-state index in [2.05, 4.69) is 70.0 Å². The summed E-state index contributed by atoms with van der Waals surface area (Å²) in [5.74, 6) is -2.65. The molecular formula is C33H28Cl2NOSiZr. The molecule has 193 valence electrons. The molecule has 39 heavy (non-hydrogen) atoms. The Hall–Kier alpha value is -2.75. The number of benzene rings is 5. The van der Waals surface area contributed by atoms with E-state index in [0.717, 1.165) is 36.8 Å². The molecule has 0 aromatic heterocycles. The molecule has 2 nitrogen and oxygen atoms in total. The van der Waals surface area contributed by atoms with Crippen LogP contribution in [0.2, 0.25) is 0 Å². The molecule has 0 saturated carbocycles. The van der Waals surface area contributed by atoms with Crippen LogP contribution in [-0.2, 0) is 22.3 Å². The van der Waals surface area contributed by atoms with Crippen molar-refractivity contribution in [3.8, 4) is 11.1 Å². The molecule has 1 amide bonds. The van der Waals surface area contributed by atoms with Gasteiger partial charge in [0, 0.05) is 0 Å². The van der Waals surface area contributed by atoms with E-state index >= 15 is 0 Å². The number of fused-ring (bicyclic) bond motifs is 3. The van der Waals surface area contributed by atoms with Crippen molar-refractivity contribution in [3.63, 3.8) is 0 Å². The molecule has 0 heterocycles. The summed E-state index contributed by atoms with van der Waals surface area (Å²) in [5, 5.41) is 2.25.